The normalized spacial score (nSPS) is 11.7. The zero-order valence-electron chi connectivity index (χ0n) is 18.7. The van der Waals surface area contributed by atoms with Gasteiger partial charge in [0.15, 0.2) is 17.7 Å². The molecule has 0 N–H and O–H groups in total. The van der Waals surface area contributed by atoms with E-state index in [2.05, 4.69) is 6.92 Å². The van der Waals surface area contributed by atoms with Crippen LogP contribution in [0.1, 0.15) is 52.9 Å². The molecular weight excluding hydrogens is 416 g/mol. The zero-order chi connectivity index (χ0) is 23.5. The number of ether oxygens (including phenoxy) is 3. The summed E-state index contributed by atoms with van der Waals surface area (Å²) in [4.78, 5) is 11.8. The van der Waals surface area contributed by atoms with Crippen LogP contribution in [0.25, 0.3) is 11.1 Å². The summed E-state index contributed by atoms with van der Waals surface area (Å²) in [6.07, 6.45) is 3.25. The van der Waals surface area contributed by atoms with Gasteiger partial charge in [0, 0.05) is 11.5 Å². The predicted octanol–water partition coefficient (Wildman–Crippen LogP) is 7.04. The van der Waals surface area contributed by atoms with E-state index in [1.54, 1.807) is 13.8 Å². The monoisotopic (exact) mass is 445 g/mol. The molecule has 0 spiro atoms. The number of unbranched alkanes of at least 4 members (excludes halogenated alkanes) is 4. The van der Waals surface area contributed by atoms with Crippen molar-refractivity contribution in [2.45, 2.75) is 59.0 Å². The second-order valence-electron chi connectivity index (χ2n) is 7.79. The Morgan fingerprint density at radius 2 is 1.69 bits per heavy atom. The van der Waals surface area contributed by atoms with Crippen LogP contribution in [-0.2, 0) is 4.74 Å². The number of hydrogen-bond acceptors (Lipinski definition) is 5. The Balaban J connectivity index is 1.99. The molecular formula is C25H29F2NO4. The van der Waals surface area contributed by atoms with Gasteiger partial charge in [-0.1, -0.05) is 58.6 Å². The highest BCUT2D eigenvalue weighted by atomic mass is 19.2. The van der Waals surface area contributed by atoms with Crippen LogP contribution in [-0.4, -0.2) is 18.9 Å². The number of benzene rings is 2. The summed E-state index contributed by atoms with van der Waals surface area (Å²) in [5.74, 6) is -2.17. The highest BCUT2D eigenvalue weighted by Crippen LogP contribution is 2.31. The Kier molecular flexibility index (Phi) is 9.93. The average Bonchev–Trinajstić information content (AvgIpc) is 2.77. The van der Waals surface area contributed by atoms with Crippen LogP contribution in [0.3, 0.4) is 0 Å². The van der Waals surface area contributed by atoms with E-state index in [4.69, 9.17) is 19.5 Å². The van der Waals surface area contributed by atoms with Gasteiger partial charge in [-0.15, -0.1) is 0 Å². The van der Waals surface area contributed by atoms with Gasteiger partial charge in [0.05, 0.1) is 6.61 Å². The molecule has 1 atom stereocenters. The smallest absolute Gasteiger partial charge is 0.490 e. The highest BCUT2D eigenvalue weighted by Gasteiger charge is 2.20. The summed E-state index contributed by atoms with van der Waals surface area (Å²) in [5, 5.41) is 8.98. The lowest BCUT2D eigenvalue weighted by Crippen LogP contribution is -2.23. The molecule has 32 heavy (non-hydrogen) atoms. The quantitative estimate of drug-likeness (QED) is 0.211. The molecule has 5 nitrogen and oxygen atoms in total. The third-order valence-electron chi connectivity index (χ3n) is 4.87. The molecule has 0 saturated carbocycles. The van der Waals surface area contributed by atoms with Crippen molar-refractivity contribution in [3.8, 4) is 28.7 Å². The third-order valence-corrected chi connectivity index (χ3v) is 4.87. The molecule has 0 amide bonds. The lowest BCUT2D eigenvalue weighted by Gasteiger charge is -2.14. The predicted molar refractivity (Wildman–Crippen MR) is 117 cm³/mol. The molecule has 0 heterocycles. The fraction of sp³-hybridized carbons (Fsp3) is 0.440. The molecule has 0 fully saturated rings. The van der Waals surface area contributed by atoms with Crippen molar-refractivity contribution in [3.63, 3.8) is 0 Å². The molecule has 0 aromatic heterocycles. The van der Waals surface area contributed by atoms with Gasteiger partial charge in [-0.05, 0) is 36.2 Å². The number of carbonyl (C=O) groups excluding carboxylic acids is 1. The van der Waals surface area contributed by atoms with Gasteiger partial charge in [0.25, 0.3) is 0 Å². The first kappa shape index (κ1) is 25.1. The standard InChI is InChI=1S/C25H29F2NO4/c1-4-5-6-7-8-15-30-21-14-13-20(23(26)24(21)27)18-9-11-19(12-10-18)31-25(29)32-22(16-28)17(2)3/h9-14,17,22H,4-8,15H2,1-3H3. The maximum atomic E-state index is 14.6. The van der Waals surface area contributed by atoms with Gasteiger partial charge in [-0.2, -0.15) is 9.65 Å². The average molecular weight is 446 g/mol. The number of nitriles is 1. The van der Waals surface area contributed by atoms with Crippen molar-refractivity contribution in [1.29, 1.82) is 5.26 Å². The Hall–Kier alpha value is -3.14. The summed E-state index contributed by atoms with van der Waals surface area (Å²) in [6.45, 7) is 5.95. The molecule has 0 aliphatic carbocycles. The Morgan fingerprint density at radius 1 is 1.00 bits per heavy atom. The minimum absolute atomic E-state index is 0.0660. The van der Waals surface area contributed by atoms with Crippen LogP contribution in [0.15, 0.2) is 36.4 Å². The minimum Gasteiger partial charge on any atom is -0.490 e. The van der Waals surface area contributed by atoms with Crippen LogP contribution >= 0.6 is 0 Å². The van der Waals surface area contributed by atoms with Crippen molar-refractivity contribution in [2.24, 2.45) is 5.92 Å². The SMILES string of the molecule is CCCCCCCOc1ccc(-c2ccc(OC(=O)OC(C#N)C(C)C)cc2)c(F)c1F. The fourth-order valence-electron chi connectivity index (χ4n) is 2.99. The van der Waals surface area contributed by atoms with Crippen molar-refractivity contribution in [1.82, 2.24) is 0 Å². The summed E-state index contributed by atoms with van der Waals surface area (Å²) in [5.41, 5.74) is 0.474. The number of rotatable bonds is 11. The fourth-order valence-corrected chi connectivity index (χ4v) is 2.99. The lowest BCUT2D eigenvalue weighted by molar-refractivity contribution is 0.0621. The van der Waals surface area contributed by atoms with Crippen molar-refractivity contribution < 1.29 is 27.8 Å². The molecule has 7 heteroatoms. The first-order valence-corrected chi connectivity index (χ1v) is 10.9. The van der Waals surface area contributed by atoms with E-state index in [1.807, 2.05) is 6.07 Å². The molecule has 2 aromatic carbocycles. The van der Waals surface area contributed by atoms with Crippen LogP contribution in [0.4, 0.5) is 13.6 Å². The first-order chi connectivity index (χ1) is 15.4. The molecule has 0 aliphatic rings. The largest absolute Gasteiger partial charge is 0.515 e. The topological polar surface area (TPSA) is 68.6 Å². The van der Waals surface area contributed by atoms with Gasteiger partial charge in [-0.3, -0.25) is 0 Å². The lowest BCUT2D eigenvalue weighted by atomic mass is 10.0. The molecule has 0 radical (unpaired) electrons. The Labute approximate surface area is 187 Å². The van der Waals surface area contributed by atoms with E-state index in [9.17, 15) is 13.6 Å². The van der Waals surface area contributed by atoms with Gasteiger partial charge in [-0.25, -0.2) is 9.18 Å². The summed E-state index contributed by atoms with van der Waals surface area (Å²) in [6, 6.07) is 10.6. The van der Waals surface area contributed by atoms with Crippen LogP contribution in [0.2, 0.25) is 0 Å². The second kappa shape index (κ2) is 12.7. The number of nitrogens with zero attached hydrogens (tertiary/aromatic N) is 1. The Bertz CT molecular complexity index is 923. The van der Waals surface area contributed by atoms with Gasteiger partial charge in [0.1, 0.15) is 11.8 Å². The molecule has 0 aliphatic heterocycles. The molecule has 1 unspecified atom stereocenters. The van der Waals surface area contributed by atoms with Crippen LogP contribution in [0, 0.1) is 28.9 Å². The molecule has 0 bridgehead atoms. The second-order valence-corrected chi connectivity index (χ2v) is 7.79. The van der Waals surface area contributed by atoms with Crippen molar-refractivity contribution >= 4 is 6.16 Å². The maximum Gasteiger partial charge on any atom is 0.515 e. The van der Waals surface area contributed by atoms with Crippen molar-refractivity contribution in [2.75, 3.05) is 6.61 Å². The third kappa shape index (κ3) is 7.23. The van der Waals surface area contributed by atoms with Gasteiger partial charge in [0.2, 0.25) is 5.82 Å². The van der Waals surface area contributed by atoms with Crippen LogP contribution < -0.4 is 9.47 Å². The minimum atomic E-state index is -1.03. The number of carbonyl (C=O) groups is 1. The number of halogens is 2. The van der Waals surface area contributed by atoms with E-state index in [-0.39, 0.29) is 23.0 Å². The molecule has 2 rings (SSSR count). The summed E-state index contributed by atoms with van der Waals surface area (Å²) in [7, 11) is 0. The van der Waals surface area contributed by atoms with Gasteiger partial charge >= 0.3 is 6.16 Å². The van der Waals surface area contributed by atoms with E-state index < -0.39 is 23.9 Å². The van der Waals surface area contributed by atoms with Gasteiger partial charge < -0.3 is 14.2 Å². The number of hydrogen-bond donors (Lipinski definition) is 0. The molecule has 2 aromatic rings. The molecule has 172 valence electrons. The molecule has 0 saturated heterocycles. The van der Waals surface area contributed by atoms with E-state index in [1.165, 1.54) is 36.4 Å². The van der Waals surface area contributed by atoms with E-state index in [0.717, 1.165) is 32.1 Å². The van der Waals surface area contributed by atoms with E-state index >= 15 is 0 Å². The summed E-state index contributed by atoms with van der Waals surface area (Å²) >= 11 is 0. The first-order valence-electron chi connectivity index (χ1n) is 10.9. The maximum absolute atomic E-state index is 14.6. The zero-order valence-corrected chi connectivity index (χ0v) is 18.7. The van der Waals surface area contributed by atoms with Crippen molar-refractivity contribution in [3.05, 3.63) is 48.0 Å². The van der Waals surface area contributed by atoms with Crippen LogP contribution in [0.5, 0.6) is 11.5 Å². The highest BCUT2D eigenvalue weighted by molar-refractivity contribution is 5.68. The summed E-state index contributed by atoms with van der Waals surface area (Å²) < 4.78 is 44.4. The Morgan fingerprint density at radius 3 is 2.31 bits per heavy atom. The van der Waals surface area contributed by atoms with E-state index in [0.29, 0.717) is 12.2 Å².